The number of aromatic nitrogens is 6. The fraction of sp³-hybridized carbons (Fsp3) is 0.143. The van der Waals surface area contributed by atoms with Crippen molar-refractivity contribution in [2.75, 3.05) is 5.73 Å². The summed E-state index contributed by atoms with van der Waals surface area (Å²) in [6, 6.07) is 11.4. The van der Waals surface area contributed by atoms with Crippen molar-refractivity contribution in [3.05, 3.63) is 70.9 Å². The van der Waals surface area contributed by atoms with E-state index >= 15 is 0 Å². The lowest BCUT2D eigenvalue weighted by molar-refractivity contribution is 0.145. The Bertz CT molecular complexity index is 1340. The highest BCUT2D eigenvalue weighted by Gasteiger charge is 2.19. The van der Waals surface area contributed by atoms with Crippen molar-refractivity contribution in [1.29, 1.82) is 5.26 Å². The maximum Gasteiger partial charge on any atom is 0.280 e. The molecule has 3 heterocycles. The van der Waals surface area contributed by atoms with Gasteiger partial charge in [0.1, 0.15) is 17.1 Å². The van der Waals surface area contributed by atoms with Gasteiger partial charge in [0.2, 0.25) is 0 Å². The predicted molar refractivity (Wildman–Crippen MR) is 109 cm³/mol. The molecule has 32 heavy (non-hydrogen) atoms. The smallest absolute Gasteiger partial charge is 0.280 e. The molecule has 0 spiro atoms. The van der Waals surface area contributed by atoms with E-state index in [1.165, 1.54) is 23.0 Å². The van der Waals surface area contributed by atoms with Crippen molar-refractivity contribution in [3.8, 4) is 28.8 Å². The van der Waals surface area contributed by atoms with Gasteiger partial charge in [-0.25, -0.2) is 32.8 Å². The fourth-order valence-corrected chi connectivity index (χ4v) is 3.11. The second-order valence-electron chi connectivity index (χ2n) is 6.84. The highest BCUT2D eigenvalue weighted by atomic mass is 19.3. The molecule has 0 fully saturated rings. The van der Waals surface area contributed by atoms with E-state index in [1.54, 1.807) is 31.2 Å². The number of nitriles is 1. The van der Waals surface area contributed by atoms with Crippen LogP contribution < -0.4 is 5.73 Å². The summed E-state index contributed by atoms with van der Waals surface area (Å²) in [7, 11) is 0. The molecule has 0 atom stereocenters. The van der Waals surface area contributed by atoms with Crippen LogP contribution in [0.1, 0.15) is 28.9 Å². The van der Waals surface area contributed by atoms with Crippen LogP contribution in [-0.4, -0.2) is 29.9 Å². The lowest BCUT2D eigenvalue weighted by atomic mass is 10.0. The van der Waals surface area contributed by atoms with E-state index in [1.807, 2.05) is 0 Å². The molecule has 2 N–H and O–H groups in total. The monoisotopic (exact) mass is 436 g/mol. The largest absolute Gasteiger partial charge is 0.381 e. The molecule has 0 saturated heterocycles. The van der Waals surface area contributed by atoms with Crippen LogP contribution in [0.3, 0.4) is 0 Å². The average Bonchev–Trinajstić information content (AvgIpc) is 3.24. The highest BCUT2D eigenvalue weighted by molar-refractivity contribution is 5.69. The second-order valence-corrected chi connectivity index (χ2v) is 6.84. The van der Waals surface area contributed by atoms with Crippen molar-refractivity contribution < 1.29 is 13.2 Å². The first kappa shape index (κ1) is 20.9. The number of hydrogen-bond acceptors (Lipinski definition) is 7. The third-order valence-corrected chi connectivity index (χ3v) is 4.73. The normalized spacial score (nSPS) is 11.0. The predicted octanol–water partition coefficient (Wildman–Crippen LogP) is 3.68. The summed E-state index contributed by atoms with van der Waals surface area (Å²) in [6.45, 7) is 1.78. The second kappa shape index (κ2) is 8.43. The van der Waals surface area contributed by atoms with Crippen LogP contribution in [-0.2, 0) is 6.54 Å². The fourth-order valence-electron chi connectivity index (χ4n) is 3.11. The number of hydrogen-bond donors (Lipinski definition) is 1. The van der Waals surface area contributed by atoms with Gasteiger partial charge in [-0.1, -0.05) is 23.4 Å². The molecule has 0 aliphatic heterocycles. The highest BCUT2D eigenvalue weighted by Crippen LogP contribution is 2.28. The molecule has 3 aromatic heterocycles. The minimum atomic E-state index is -2.69. The molecule has 8 nitrogen and oxygen atoms in total. The number of alkyl halides is 2. The van der Waals surface area contributed by atoms with E-state index in [9.17, 15) is 18.4 Å². The van der Waals surface area contributed by atoms with E-state index in [0.717, 1.165) is 0 Å². The third-order valence-electron chi connectivity index (χ3n) is 4.73. The Labute approximate surface area is 180 Å². The third kappa shape index (κ3) is 3.98. The summed E-state index contributed by atoms with van der Waals surface area (Å²) < 4.78 is 41.8. The minimum Gasteiger partial charge on any atom is -0.381 e. The molecule has 0 aliphatic rings. The average molecular weight is 436 g/mol. The van der Waals surface area contributed by atoms with Gasteiger partial charge < -0.3 is 5.73 Å². The van der Waals surface area contributed by atoms with Gasteiger partial charge >= 0.3 is 0 Å². The van der Waals surface area contributed by atoms with Crippen molar-refractivity contribution in [2.24, 2.45) is 0 Å². The summed E-state index contributed by atoms with van der Waals surface area (Å²) >= 11 is 0. The molecular formula is C21H15F3N8. The molecular weight excluding hydrogens is 421 g/mol. The van der Waals surface area contributed by atoms with Crippen LogP contribution in [0.15, 0.2) is 42.6 Å². The number of benzene rings is 1. The number of nitrogens with two attached hydrogens (primary N) is 1. The lowest BCUT2D eigenvalue weighted by Crippen LogP contribution is -2.05. The van der Waals surface area contributed by atoms with Crippen LogP contribution in [0.5, 0.6) is 0 Å². The Morgan fingerprint density at radius 1 is 1.12 bits per heavy atom. The molecule has 4 aromatic rings. The molecule has 160 valence electrons. The Hall–Kier alpha value is -4.33. The minimum absolute atomic E-state index is 0.0475. The summed E-state index contributed by atoms with van der Waals surface area (Å²) in [5, 5.41) is 17.1. The molecule has 4 rings (SSSR count). The van der Waals surface area contributed by atoms with Crippen LogP contribution in [0.4, 0.5) is 19.0 Å². The van der Waals surface area contributed by atoms with Crippen molar-refractivity contribution >= 4 is 5.82 Å². The van der Waals surface area contributed by atoms with Gasteiger partial charge in [-0.15, -0.1) is 5.10 Å². The van der Waals surface area contributed by atoms with E-state index in [-0.39, 0.29) is 35.3 Å². The zero-order valence-electron chi connectivity index (χ0n) is 16.7. The molecule has 0 radical (unpaired) electrons. The first-order valence-corrected chi connectivity index (χ1v) is 9.35. The quantitative estimate of drug-likeness (QED) is 0.507. The molecule has 0 saturated carbocycles. The van der Waals surface area contributed by atoms with Gasteiger partial charge in [-0.2, -0.15) is 5.26 Å². The van der Waals surface area contributed by atoms with Crippen LogP contribution in [0.2, 0.25) is 0 Å². The van der Waals surface area contributed by atoms with Gasteiger partial charge in [-0.3, -0.25) is 0 Å². The Balaban J connectivity index is 1.70. The first-order chi connectivity index (χ1) is 15.4. The summed E-state index contributed by atoms with van der Waals surface area (Å²) in [6.07, 6.45) is -1.29. The number of halogens is 3. The Kier molecular flexibility index (Phi) is 5.51. The summed E-state index contributed by atoms with van der Waals surface area (Å²) in [4.78, 5) is 12.2. The topological polar surface area (TPSA) is 119 Å². The van der Waals surface area contributed by atoms with Gasteiger partial charge in [0.15, 0.2) is 17.5 Å². The van der Waals surface area contributed by atoms with E-state index < -0.39 is 12.2 Å². The van der Waals surface area contributed by atoms with Crippen molar-refractivity contribution in [1.82, 2.24) is 29.9 Å². The molecule has 0 aliphatic carbocycles. The van der Waals surface area contributed by atoms with Gasteiger partial charge in [0, 0.05) is 5.56 Å². The number of nitrogen functional groups attached to an aromatic ring is 1. The first-order valence-electron chi connectivity index (χ1n) is 9.35. The molecule has 0 bridgehead atoms. The number of anilines is 1. The standard InChI is InChI=1S/C21H15F3N8/c1-11-12(8-25)4-2-6-14(11)21-28-18(17(22)20(26)29-21)16-10-32(31-30-16)9-13-5-3-7-15(27-13)19(23)24/h2-7,10,19H,9H2,1H3,(H2,26,28,29). The van der Waals surface area contributed by atoms with Gasteiger partial charge in [0.25, 0.3) is 6.43 Å². The van der Waals surface area contributed by atoms with E-state index in [2.05, 4.69) is 31.3 Å². The molecule has 11 heteroatoms. The number of nitrogens with zero attached hydrogens (tertiary/aromatic N) is 7. The van der Waals surface area contributed by atoms with E-state index in [0.29, 0.717) is 22.4 Å². The van der Waals surface area contributed by atoms with Gasteiger partial charge in [-0.05, 0) is 30.7 Å². The Morgan fingerprint density at radius 2 is 1.91 bits per heavy atom. The maximum atomic E-state index is 14.7. The lowest BCUT2D eigenvalue weighted by Gasteiger charge is -2.09. The SMILES string of the molecule is Cc1c(C#N)cccc1-c1nc(N)c(F)c(-c2cn(Cc3cccc(C(F)F)n3)nn2)n1. The van der Waals surface area contributed by atoms with Crippen LogP contribution in [0.25, 0.3) is 22.8 Å². The molecule has 1 aromatic carbocycles. The summed E-state index contributed by atoms with van der Waals surface area (Å²) in [5.41, 5.74) is 7.24. The van der Waals surface area contributed by atoms with E-state index in [4.69, 9.17) is 5.73 Å². The number of pyridine rings is 1. The van der Waals surface area contributed by atoms with Gasteiger partial charge in [0.05, 0.1) is 30.1 Å². The maximum absolute atomic E-state index is 14.7. The van der Waals surface area contributed by atoms with Crippen LogP contribution >= 0.6 is 0 Å². The Morgan fingerprint density at radius 3 is 2.66 bits per heavy atom. The molecule has 0 amide bonds. The summed E-state index contributed by atoms with van der Waals surface area (Å²) in [5.74, 6) is -1.12. The molecule has 0 unspecified atom stereocenters. The zero-order valence-corrected chi connectivity index (χ0v) is 16.7. The number of rotatable bonds is 5. The zero-order chi connectivity index (χ0) is 22.8. The van der Waals surface area contributed by atoms with Crippen LogP contribution in [0, 0.1) is 24.1 Å². The van der Waals surface area contributed by atoms with Crippen molar-refractivity contribution in [2.45, 2.75) is 19.9 Å². The van der Waals surface area contributed by atoms with Crippen molar-refractivity contribution in [3.63, 3.8) is 0 Å².